The minimum Gasteiger partial charge on any atom is -0.469 e. The summed E-state index contributed by atoms with van der Waals surface area (Å²) in [5, 5.41) is 3.55. The first-order valence-corrected chi connectivity index (χ1v) is 6.60. The number of hydrogen-bond acceptors (Lipinski definition) is 6. The third-order valence-electron chi connectivity index (χ3n) is 3.37. The van der Waals surface area contributed by atoms with Gasteiger partial charge in [-0.15, -0.1) is 0 Å². The predicted molar refractivity (Wildman–Crippen MR) is 72.8 cm³/mol. The Labute approximate surface area is 116 Å². The van der Waals surface area contributed by atoms with E-state index in [-0.39, 0.29) is 23.7 Å². The van der Waals surface area contributed by atoms with E-state index in [2.05, 4.69) is 15.3 Å². The van der Waals surface area contributed by atoms with Crippen LogP contribution in [-0.4, -0.2) is 29.1 Å². The SMILES string of the molecule is COC(=O)[C@H]1CCC[C@H](Nc2ncnc(N)c2Cl)C1. The fraction of sp³-hybridized carbons (Fsp3) is 0.583. The van der Waals surface area contributed by atoms with E-state index in [0.717, 1.165) is 19.3 Å². The summed E-state index contributed by atoms with van der Waals surface area (Å²) in [6.45, 7) is 0. The molecule has 2 atom stereocenters. The number of ether oxygens (including phenoxy) is 1. The van der Waals surface area contributed by atoms with Gasteiger partial charge in [0.25, 0.3) is 0 Å². The van der Waals surface area contributed by atoms with Gasteiger partial charge in [0, 0.05) is 6.04 Å². The van der Waals surface area contributed by atoms with Crippen molar-refractivity contribution in [3.8, 4) is 0 Å². The number of nitrogens with two attached hydrogens (primary N) is 1. The maximum atomic E-state index is 11.6. The number of nitrogen functional groups attached to an aromatic ring is 1. The normalized spacial score (nSPS) is 22.8. The Bertz CT molecular complexity index is 469. The highest BCUT2D eigenvalue weighted by molar-refractivity contribution is 6.35. The number of nitrogens with zero attached hydrogens (tertiary/aromatic N) is 2. The number of esters is 1. The van der Waals surface area contributed by atoms with Crippen LogP contribution >= 0.6 is 11.6 Å². The van der Waals surface area contributed by atoms with E-state index in [1.165, 1.54) is 13.4 Å². The van der Waals surface area contributed by atoms with Gasteiger partial charge in [-0.2, -0.15) is 0 Å². The van der Waals surface area contributed by atoms with Crippen LogP contribution in [0, 0.1) is 5.92 Å². The minimum atomic E-state index is -0.153. The summed E-state index contributed by atoms with van der Waals surface area (Å²) in [5.74, 6) is 0.554. The van der Waals surface area contributed by atoms with Crippen molar-refractivity contribution in [3.63, 3.8) is 0 Å². The van der Waals surface area contributed by atoms with Gasteiger partial charge in [-0.1, -0.05) is 18.0 Å². The second kappa shape index (κ2) is 6.06. The third kappa shape index (κ3) is 3.26. The highest BCUT2D eigenvalue weighted by Gasteiger charge is 2.28. The fourth-order valence-electron chi connectivity index (χ4n) is 2.38. The molecular weight excluding hydrogens is 268 g/mol. The molecule has 0 saturated heterocycles. The van der Waals surface area contributed by atoms with Crippen molar-refractivity contribution in [2.75, 3.05) is 18.2 Å². The molecule has 0 aromatic carbocycles. The highest BCUT2D eigenvalue weighted by Crippen LogP contribution is 2.30. The molecule has 0 aliphatic heterocycles. The molecule has 1 aliphatic rings. The number of rotatable bonds is 3. The summed E-state index contributed by atoms with van der Waals surface area (Å²) >= 11 is 6.03. The number of aromatic nitrogens is 2. The summed E-state index contributed by atoms with van der Waals surface area (Å²) in [5.41, 5.74) is 5.63. The largest absolute Gasteiger partial charge is 0.469 e. The number of halogens is 1. The van der Waals surface area contributed by atoms with Crippen LogP contribution in [0.4, 0.5) is 11.6 Å². The lowest BCUT2D eigenvalue weighted by Gasteiger charge is -2.28. The topological polar surface area (TPSA) is 90.1 Å². The average molecular weight is 285 g/mol. The summed E-state index contributed by atoms with van der Waals surface area (Å²) < 4.78 is 4.79. The molecule has 0 amide bonds. The molecule has 1 aromatic rings. The quantitative estimate of drug-likeness (QED) is 0.823. The van der Waals surface area contributed by atoms with Crippen LogP contribution in [0.1, 0.15) is 25.7 Å². The molecule has 104 valence electrons. The molecule has 6 nitrogen and oxygen atoms in total. The van der Waals surface area contributed by atoms with E-state index in [0.29, 0.717) is 17.3 Å². The summed E-state index contributed by atoms with van der Waals surface area (Å²) in [6.07, 6.45) is 4.88. The Morgan fingerprint density at radius 3 is 3.05 bits per heavy atom. The van der Waals surface area contributed by atoms with Crippen molar-refractivity contribution in [2.45, 2.75) is 31.7 Å². The van der Waals surface area contributed by atoms with Crippen LogP contribution in [0.25, 0.3) is 0 Å². The second-order valence-corrected chi connectivity index (χ2v) is 5.03. The zero-order chi connectivity index (χ0) is 13.8. The van der Waals surface area contributed by atoms with Gasteiger partial charge in [-0.05, 0) is 19.3 Å². The van der Waals surface area contributed by atoms with Crippen molar-refractivity contribution in [1.82, 2.24) is 9.97 Å². The van der Waals surface area contributed by atoms with Crippen LogP contribution in [0.3, 0.4) is 0 Å². The monoisotopic (exact) mass is 284 g/mol. The molecule has 0 bridgehead atoms. The van der Waals surface area contributed by atoms with Gasteiger partial charge in [0.1, 0.15) is 17.2 Å². The lowest BCUT2D eigenvalue weighted by molar-refractivity contribution is -0.146. The molecule has 1 aromatic heterocycles. The van der Waals surface area contributed by atoms with E-state index < -0.39 is 0 Å². The molecular formula is C12H17ClN4O2. The van der Waals surface area contributed by atoms with Gasteiger partial charge < -0.3 is 15.8 Å². The van der Waals surface area contributed by atoms with Gasteiger partial charge in [0.15, 0.2) is 5.82 Å². The number of carbonyl (C=O) groups is 1. The Hall–Kier alpha value is -1.56. The lowest BCUT2D eigenvalue weighted by Crippen LogP contribution is -2.32. The maximum absolute atomic E-state index is 11.6. The zero-order valence-corrected chi connectivity index (χ0v) is 11.5. The number of hydrogen-bond donors (Lipinski definition) is 2. The van der Waals surface area contributed by atoms with Crippen molar-refractivity contribution in [2.24, 2.45) is 5.92 Å². The summed E-state index contributed by atoms with van der Waals surface area (Å²) in [7, 11) is 1.42. The van der Waals surface area contributed by atoms with Crippen LogP contribution in [0.2, 0.25) is 5.02 Å². The number of anilines is 2. The average Bonchev–Trinajstić information content (AvgIpc) is 2.43. The fourth-order valence-corrected chi connectivity index (χ4v) is 2.53. The first-order chi connectivity index (χ1) is 9.11. The van der Waals surface area contributed by atoms with Gasteiger partial charge in [0.05, 0.1) is 13.0 Å². The molecule has 1 saturated carbocycles. The molecule has 1 aliphatic carbocycles. The van der Waals surface area contributed by atoms with Crippen LogP contribution in [0.15, 0.2) is 6.33 Å². The zero-order valence-electron chi connectivity index (χ0n) is 10.7. The lowest BCUT2D eigenvalue weighted by atomic mass is 9.86. The van der Waals surface area contributed by atoms with Crippen molar-refractivity contribution in [3.05, 3.63) is 11.3 Å². The molecule has 2 rings (SSSR count). The van der Waals surface area contributed by atoms with E-state index in [1.807, 2.05) is 0 Å². The Kier molecular flexibility index (Phi) is 4.42. The van der Waals surface area contributed by atoms with Gasteiger partial charge in [0.2, 0.25) is 0 Å². The van der Waals surface area contributed by atoms with E-state index in [9.17, 15) is 4.79 Å². The van der Waals surface area contributed by atoms with E-state index in [1.54, 1.807) is 0 Å². The van der Waals surface area contributed by atoms with Gasteiger partial charge in [-0.3, -0.25) is 4.79 Å². The van der Waals surface area contributed by atoms with Crippen LogP contribution in [0.5, 0.6) is 0 Å². The highest BCUT2D eigenvalue weighted by atomic mass is 35.5. The van der Waals surface area contributed by atoms with Crippen LogP contribution in [-0.2, 0) is 9.53 Å². The number of nitrogens with one attached hydrogen (secondary N) is 1. The second-order valence-electron chi connectivity index (χ2n) is 4.65. The van der Waals surface area contributed by atoms with Crippen LogP contribution < -0.4 is 11.1 Å². The van der Waals surface area contributed by atoms with E-state index >= 15 is 0 Å². The van der Waals surface area contributed by atoms with Crippen molar-refractivity contribution in [1.29, 1.82) is 0 Å². The Morgan fingerprint density at radius 1 is 1.53 bits per heavy atom. The standard InChI is InChI=1S/C12H17ClN4O2/c1-19-12(18)7-3-2-4-8(5-7)17-11-9(13)10(14)15-6-16-11/h6-8H,2-5H2,1H3,(H3,14,15,16,17)/t7-,8-/m0/s1. The molecule has 7 heteroatoms. The molecule has 0 radical (unpaired) electrons. The smallest absolute Gasteiger partial charge is 0.308 e. The minimum absolute atomic E-state index is 0.0609. The van der Waals surface area contributed by atoms with Crippen molar-refractivity contribution >= 4 is 29.2 Å². The Morgan fingerprint density at radius 2 is 2.32 bits per heavy atom. The van der Waals surface area contributed by atoms with Gasteiger partial charge >= 0.3 is 5.97 Å². The summed E-state index contributed by atoms with van der Waals surface area (Å²) in [6, 6.07) is 0.143. The molecule has 0 unspecified atom stereocenters. The predicted octanol–water partition coefficient (Wildman–Crippen LogP) is 1.86. The summed E-state index contributed by atoms with van der Waals surface area (Å²) in [4.78, 5) is 19.4. The van der Waals surface area contributed by atoms with E-state index in [4.69, 9.17) is 22.1 Å². The Balaban J connectivity index is 2.03. The molecule has 3 N–H and O–H groups in total. The molecule has 1 fully saturated rings. The maximum Gasteiger partial charge on any atom is 0.308 e. The van der Waals surface area contributed by atoms with Crippen molar-refractivity contribution < 1.29 is 9.53 Å². The van der Waals surface area contributed by atoms with Gasteiger partial charge in [-0.25, -0.2) is 9.97 Å². The third-order valence-corrected chi connectivity index (χ3v) is 3.74. The number of carbonyl (C=O) groups excluding carboxylic acids is 1. The molecule has 0 spiro atoms. The first-order valence-electron chi connectivity index (χ1n) is 6.22. The molecule has 19 heavy (non-hydrogen) atoms. The first kappa shape index (κ1) is 13.9. The number of methoxy groups -OCH3 is 1. The molecule has 1 heterocycles.